The van der Waals surface area contributed by atoms with Gasteiger partial charge in [0, 0.05) is 29.3 Å². The highest BCUT2D eigenvalue weighted by molar-refractivity contribution is 6.31. The van der Waals surface area contributed by atoms with E-state index in [9.17, 15) is 0 Å². The Labute approximate surface area is 94.5 Å². The van der Waals surface area contributed by atoms with E-state index >= 15 is 0 Å². The van der Waals surface area contributed by atoms with Gasteiger partial charge in [-0.2, -0.15) is 0 Å². The molecule has 2 heteroatoms. The first-order chi connectivity index (χ1) is 7.36. The summed E-state index contributed by atoms with van der Waals surface area (Å²) in [5.41, 5.74) is 3.87. The molecule has 2 aliphatic carbocycles. The van der Waals surface area contributed by atoms with Crippen molar-refractivity contribution in [1.82, 2.24) is 4.98 Å². The number of halogens is 1. The molecule has 3 rings (SSSR count). The van der Waals surface area contributed by atoms with Crippen LogP contribution in [-0.2, 0) is 0 Å². The van der Waals surface area contributed by atoms with Gasteiger partial charge in [-0.25, -0.2) is 0 Å². The molecule has 1 radical (unpaired) electrons. The lowest BCUT2D eigenvalue weighted by Crippen LogP contribution is -2.21. The zero-order valence-corrected chi connectivity index (χ0v) is 9.04. The quantitative estimate of drug-likeness (QED) is 0.699. The lowest BCUT2D eigenvalue weighted by molar-refractivity contribution is 0.655. The van der Waals surface area contributed by atoms with Crippen LogP contribution in [0.15, 0.2) is 46.7 Å². The van der Waals surface area contributed by atoms with Gasteiger partial charge < -0.3 is 0 Å². The SMILES string of the molecule is ClC1=C2CC(c3ccccn3)C2=CC[CH]1. The van der Waals surface area contributed by atoms with Crippen molar-refractivity contribution in [1.29, 1.82) is 0 Å². The molecule has 0 N–H and O–H groups in total. The fraction of sp³-hybridized carbons (Fsp3) is 0.231. The maximum absolute atomic E-state index is 6.13. The van der Waals surface area contributed by atoms with Gasteiger partial charge in [-0.1, -0.05) is 23.7 Å². The predicted octanol–water partition coefficient (Wildman–Crippen LogP) is 3.60. The molecule has 1 fully saturated rings. The van der Waals surface area contributed by atoms with Crippen molar-refractivity contribution in [3.8, 4) is 0 Å². The minimum atomic E-state index is 0.476. The Morgan fingerprint density at radius 3 is 3.07 bits per heavy atom. The molecule has 1 aromatic heterocycles. The molecule has 0 aliphatic heterocycles. The van der Waals surface area contributed by atoms with Crippen molar-refractivity contribution in [2.45, 2.75) is 18.8 Å². The van der Waals surface area contributed by atoms with Gasteiger partial charge >= 0.3 is 0 Å². The van der Waals surface area contributed by atoms with Crippen LogP contribution in [0.5, 0.6) is 0 Å². The van der Waals surface area contributed by atoms with E-state index < -0.39 is 0 Å². The fourth-order valence-corrected chi connectivity index (χ4v) is 2.55. The Morgan fingerprint density at radius 1 is 1.33 bits per heavy atom. The van der Waals surface area contributed by atoms with Crippen LogP contribution >= 0.6 is 11.6 Å². The van der Waals surface area contributed by atoms with Gasteiger partial charge in [0.1, 0.15) is 0 Å². The number of fused-ring (bicyclic) bond motifs is 1. The Bertz CT molecular complexity index is 445. The lowest BCUT2D eigenvalue weighted by atomic mass is 9.70. The summed E-state index contributed by atoms with van der Waals surface area (Å²) in [6.07, 6.45) is 8.20. The zero-order valence-electron chi connectivity index (χ0n) is 8.28. The number of nitrogens with zero attached hydrogens (tertiary/aromatic N) is 1. The highest BCUT2D eigenvalue weighted by Gasteiger charge is 2.34. The predicted molar refractivity (Wildman–Crippen MR) is 61.5 cm³/mol. The van der Waals surface area contributed by atoms with Gasteiger partial charge in [0.15, 0.2) is 0 Å². The topological polar surface area (TPSA) is 12.9 Å². The molecule has 0 saturated heterocycles. The minimum absolute atomic E-state index is 0.476. The van der Waals surface area contributed by atoms with Gasteiger partial charge in [0.25, 0.3) is 0 Å². The molecule has 1 aromatic rings. The van der Waals surface area contributed by atoms with Gasteiger partial charge in [-0.15, -0.1) is 0 Å². The fourth-order valence-electron chi connectivity index (χ4n) is 2.27. The molecule has 1 nitrogen and oxygen atoms in total. The molecule has 1 unspecified atom stereocenters. The lowest BCUT2D eigenvalue weighted by Gasteiger charge is -2.36. The number of aromatic nitrogens is 1. The van der Waals surface area contributed by atoms with Crippen LogP contribution in [0.1, 0.15) is 24.5 Å². The number of pyridine rings is 1. The Morgan fingerprint density at radius 2 is 2.27 bits per heavy atom. The zero-order chi connectivity index (χ0) is 10.3. The third kappa shape index (κ3) is 1.42. The molecule has 0 aromatic carbocycles. The van der Waals surface area contributed by atoms with Crippen molar-refractivity contribution in [3.05, 3.63) is 58.8 Å². The first-order valence-corrected chi connectivity index (χ1v) is 5.57. The first-order valence-electron chi connectivity index (χ1n) is 5.19. The maximum Gasteiger partial charge on any atom is 0.0481 e. The van der Waals surface area contributed by atoms with Crippen LogP contribution in [0.25, 0.3) is 0 Å². The molecule has 1 heterocycles. The van der Waals surface area contributed by atoms with E-state index in [0.717, 1.165) is 17.9 Å². The summed E-state index contributed by atoms with van der Waals surface area (Å²) in [5, 5.41) is 0.944. The summed E-state index contributed by atoms with van der Waals surface area (Å²) in [7, 11) is 0. The standard InChI is InChI=1S/C13H11ClN/c14-12-5-3-4-9-10(12)8-11(9)13-6-1-2-7-15-13/h1-2,4-7,11H,3,8H2. The van der Waals surface area contributed by atoms with Crippen molar-refractivity contribution in [2.75, 3.05) is 0 Å². The second kappa shape index (κ2) is 3.49. The van der Waals surface area contributed by atoms with Gasteiger partial charge in [0.2, 0.25) is 0 Å². The van der Waals surface area contributed by atoms with Crippen molar-refractivity contribution in [2.24, 2.45) is 0 Å². The van der Waals surface area contributed by atoms with Crippen molar-refractivity contribution in [3.63, 3.8) is 0 Å². The van der Waals surface area contributed by atoms with E-state index in [1.165, 1.54) is 16.8 Å². The molecule has 15 heavy (non-hydrogen) atoms. The summed E-state index contributed by atoms with van der Waals surface area (Å²) in [5.74, 6) is 0.476. The smallest absolute Gasteiger partial charge is 0.0481 e. The molecule has 0 bridgehead atoms. The van der Waals surface area contributed by atoms with E-state index in [4.69, 9.17) is 11.6 Å². The number of rotatable bonds is 1. The second-order valence-electron chi connectivity index (χ2n) is 3.94. The van der Waals surface area contributed by atoms with E-state index in [0.29, 0.717) is 5.92 Å². The van der Waals surface area contributed by atoms with Crippen LogP contribution in [0.4, 0.5) is 0 Å². The number of allylic oxidation sites excluding steroid dienone is 4. The van der Waals surface area contributed by atoms with E-state index in [1.54, 1.807) is 0 Å². The molecule has 1 atom stereocenters. The molecule has 2 aliphatic rings. The minimum Gasteiger partial charge on any atom is -0.261 e. The Balaban J connectivity index is 1.92. The van der Waals surface area contributed by atoms with Gasteiger partial charge in [-0.05, 0) is 36.1 Å². The summed E-state index contributed by atoms with van der Waals surface area (Å²) < 4.78 is 0. The van der Waals surface area contributed by atoms with Crippen molar-refractivity contribution < 1.29 is 0 Å². The average molecular weight is 217 g/mol. The number of hydrogen-bond acceptors (Lipinski definition) is 1. The molecule has 75 valence electrons. The molecule has 0 amide bonds. The van der Waals surface area contributed by atoms with Crippen LogP contribution in [0.2, 0.25) is 0 Å². The second-order valence-corrected chi connectivity index (χ2v) is 4.34. The molecule has 1 saturated carbocycles. The summed E-state index contributed by atoms with van der Waals surface area (Å²) in [6.45, 7) is 0. The third-order valence-corrected chi connectivity index (χ3v) is 3.48. The Hall–Kier alpha value is -1.08. The van der Waals surface area contributed by atoms with Crippen molar-refractivity contribution >= 4 is 11.6 Å². The summed E-state index contributed by atoms with van der Waals surface area (Å²) in [6, 6.07) is 6.09. The van der Waals surface area contributed by atoms with Crippen LogP contribution in [0, 0.1) is 6.42 Å². The van der Waals surface area contributed by atoms with Crippen LogP contribution < -0.4 is 0 Å². The van der Waals surface area contributed by atoms with Gasteiger partial charge in [0.05, 0.1) is 0 Å². The highest BCUT2D eigenvalue weighted by atomic mass is 35.5. The molecular weight excluding hydrogens is 206 g/mol. The van der Waals surface area contributed by atoms with E-state index in [1.807, 2.05) is 18.3 Å². The highest BCUT2D eigenvalue weighted by Crippen LogP contribution is 2.50. The van der Waals surface area contributed by atoms with Gasteiger partial charge in [-0.3, -0.25) is 4.98 Å². The van der Waals surface area contributed by atoms with E-state index in [2.05, 4.69) is 23.5 Å². The normalized spacial score (nSPS) is 24.3. The molecule has 0 spiro atoms. The Kier molecular flexibility index (Phi) is 2.14. The van der Waals surface area contributed by atoms with E-state index in [-0.39, 0.29) is 0 Å². The first kappa shape index (κ1) is 9.17. The maximum atomic E-state index is 6.13. The monoisotopic (exact) mass is 216 g/mol. The van der Waals surface area contributed by atoms with Crippen LogP contribution in [0.3, 0.4) is 0 Å². The summed E-state index contributed by atoms with van der Waals surface area (Å²) >= 11 is 6.13. The summed E-state index contributed by atoms with van der Waals surface area (Å²) in [4.78, 5) is 4.40. The molecular formula is C13H11ClN. The average Bonchev–Trinajstić information content (AvgIpc) is 2.23. The number of hydrogen-bond donors (Lipinski definition) is 0. The largest absolute Gasteiger partial charge is 0.261 e. The van der Waals surface area contributed by atoms with Crippen LogP contribution in [-0.4, -0.2) is 4.98 Å². The third-order valence-electron chi connectivity index (χ3n) is 3.10.